The first-order valence-corrected chi connectivity index (χ1v) is 9.44. The summed E-state index contributed by atoms with van der Waals surface area (Å²) < 4.78 is 10.5. The number of benzene rings is 2. The molecule has 0 fully saturated rings. The van der Waals surface area contributed by atoms with Crippen LogP contribution in [0.15, 0.2) is 48.5 Å². The van der Waals surface area contributed by atoms with Crippen molar-refractivity contribution in [3.8, 4) is 11.1 Å². The lowest BCUT2D eigenvalue weighted by molar-refractivity contribution is -0.385. The first kappa shape index (κ1) is 23.0. The molecule has 160 valence electrons. The fourth-order valence-electron chi connectivity index (χ4n) is 3.02. The number of amides is 1. The van der Waals surface area contributed by atoms with Gasteiger partial charge in [0.1, 0.15) is 5.56 Å². The van der Waals surface area contributed by atoms with E-state index in [0.717, 1.165) is 5.56 Å². The Labute approximate surface area is 175 Å². The van der Waals surface area contributed by atoms with Gasteiger partial charge in [-0.05, 0) is 44.9 Å². The van der Waals surface area contributed by atoms with Crippen LogP contribution >= 0.6 is 0 Å². The quantitative estimate of drug-likeness (QED) is 0.420. The highest BCUT2D eigenvalue weighted by Crippen LogP contribution is 2.27. The number of carbonyl (C=O) groups excluding carboxylic acids is 2. The van der Waals surface area contributed by atoms with Crippen molar-refractivity contribution in [3.05, 3.63) is 64.2 Å². The number of hydrogen-bond acceptors (Lipinski definition) is 6. The van der Waals surface area contributed by atoms with Crippen LogP contribution in [0.4, 0.5) is 5.69 Å². The smallest absolute Gasteiger partial charge is 0.331 e. The van der Waals surface area contributed by atoms with Crippen molar-refractivity contribution < 1.29 is 24.0 Å². The number of esters is 1. The molecule has 0 saturated heterocycles. The Morgan fingerprint density at radius 2 is 1.70 bits per heavy atom. The minimum absolute atomic E-state index is 0.156. The minimum Gasteiger partial charge on any atom is -0.467 e. The standard InChI is InChI=1S/C22H26N2O6/c1-14(30-22(2,3)4)19(21(26)29-5)23-20(25)17-12-11-16(13-18(17)24(27)28)15-9-7-6-8-10-15/h6-14,19H,1-5H3,(H,23,25)/t14?,19-/m0/s1. The molecule has 0 heterocycles. The van der Waals surface area contributed by atoms with E-state index >= 15 is 0 Å². The summed E-state index contributed by atoms with van der Waals surface area (Å²) in [5.41, 5.74) is 0.304. The molecule has 2 aromatic rings. The van der Waals surface area contributed by atoms with Gasteiger partial charge in [-0.15, -0.1) is 0 Å². The monoisotopic (exact) mass is 414 g/mol. The van der Waals surface area contributed by atoms with Crippen LogP contribution in [0.1, 0.15) is 38.1 Å². The van der Waals surface area contributed by atoms with Gasteiger partial charge in [0.25, 0.3) is 11.6 Å². The highest BCUT2D eigenvalue weighted by molar-refractivity contribution is 6.01. The molecule has 1 unspecified atom stereocenters. The van der Waals surface area contributed by atoms with Crippen LogP contribution in [0.5, 0.6) is 0 Å². The summed E-state index contributed by atoms with van der Waals surface area (Å²) in [6.07, 6.45) is -0.718. The van der Waals surface area contributed by atoms with Crippen molar-refractivity contribution in [1.29, 1.82) is 0 Å². The summed E-state index contributed by atoms with van der Waals surface area (Å²) in [4.78, 5) is 36.0. The number of methoxy groups -OCH3 is 1. The Kier molecular flexibility index (Phi) is 7.28. The first-order valence-electron chi connectivity index (χ1n) is 9.44. The average Bonchev–Trinajstić information content (AvgIpc) is 2.70. The number of hydrogen-bond donors (Lipinski definition) is 1. The molecule has 2 atom stereocenters. The third kappa shape index (κ3) is 5.87. The third-order valence-electron chi connectivity index (χ3n) is 4.30. The number of nitrogens with zero attached hydrogens (tertiary/aromatic N) is 1. The van der Waals surface area contributed by atoms with Gasteiger partial charge in [-0.25, -0.2) is 4.79 Å². The number of ether oxygens (including phenoxy) is 2. The van der Waals surface area contributed by atoms with Gasteiger partial charge in [0, 0.05) is 6.07 Å². The van der Waals surface area contributed by atoms with E-state index < -0.39 is 34.5 Å². The molecule has 2 aromatic carbocycles. The Balaban J connectivity index is 2.35. The topological polar surface area (TPSA) is 108 Å². The normalized spacial score (nSPS) is 13.2. The van der Waals surface area contributed by atoms with Gasteiger partial charge < -0.3 is 14.8 Å². The second kappa shape index (κ2) is 9.49. The summed E-state index contributed by atoms with van der Waals surface area (Å²) >= 11 is 0. The lowest BCUT2D eigenvalue weighted by Gasteiger charge is -2.29. The number of nitrogens with one attached hydrogen (secondary N) is 1. The van der Waals surface area contributed by atoms with Crippen LogP contribution in [-0.4, -0.2) is 41.7 Å². The number of nitro benzene ring substituents is 1. The number of nitro groups is 1. The molecule has 1 amide bonds. The molecule has 8 heteroatoms. The molecule has 0 radical (unpaired) electrons. The highest BCUT2D eigenvalue weighted by atomic mass is 16.6. The zero-order valence-electron chi connectivity index (χ0n) is 17.7. The Morgan fingerprint density at radius 1 is 1.07 bits per heavy atom. The number of rotatable bonds is 7. The van der Waals surface area contributed by atoms with E-state index in [1.165, 1.54) is 19.2 Å². The summed E-state index contributed by atoms with van der Waals surface area (Å²) in [7, 11) is 1.20. The van der Waals surface area contributed by atoms with Crippen LogP contribution in [-0.2, 0) is 14.3 Å². The maximum atomic E-state index is 12.8. The van der Waals surface area contributed by atoms with Gasteiger partial charge >= 0.3 is 5.97 Å². The van der Waals surface area contributed by atoms with E-state index in [-0.39, 0.29) is 11.3 Å². The zero-order chi connectivity index (χ0) is 22.5. The van der Waals surface area contributed by atoms with Crippen molar-refractivity contribution >= 4 is 17.6 Å². The summed E-state index contributed by atoms with van der Waals surface area (Å²) in [5, 5.41) is 14.1. The number of carbonyl (C=O) groups is 2. The van der Waals surface area contributed by atoms with Crippen molar-refractivity contribution in [2.45, 2.75) is 45.4 Å². The second-order valence-corrected chi connectivity index (χ2v) is 7.76. The molecule has 0 saturated carbocycles. The molecule has 2 rings (SSSR count). The van der Waals surface area contributed by atoms with E-state index in [9.17, 15) is 19.7 Å². The van der Waals surface area contributed by atoms with Crippen LogP contribution in [0.3, 0.4) is 0 Å². The van der Waals surface area contributed by atoms with Crippen molar-refractivity contribution in [2.24, 2.45) is 0 Å². The summed E-state index contributed by atoms with van der Waals surface area (Å²) in [6.45, 7) is 7.06. The molecule has 30 heavy (non-hydrogen) atoms. The van der Waals surface area contributed by atoms with Gasteiger partial charge in [0.2, 0.25) is 0 Å². The van der Waals surface area contributed by atoms with Gasteiger partial charge in [-0.1, -0.05) is 36.4 Å². The van der Waals surface area contributed by atoms with E-state index in [1.807, 2.05) is 51.1 Å². The molecule has 0 bridgehead atoms. The Morgan fingerprint density at radius 3 is 2.23 bits per heavy atom. The van der Waals surface area contributed by atoms with Crippen LogP contribution in [0.2, 0.25) is 0 Å². The predicted octanol–water partition coefficient (Wildman–Crippen LogP) is 3.74. The fraction of sp³-hybridized carbons (Fsp3) is 0.364. The van der Waals surface area contributed by atoms with Crippen molar-refractivity contribution in [3.63, 3.8) is 0 Å². The Hall–Kier alpha value is -3.26. The second-order valence-electron chi connectivity index (χ2n) is 7.76. The van der Waals surface area contributed by atoms with Gasteiger partial charge in [0.05, 0.1) is 23.7 Å². The molecular weight excluding hydrogens is 388 g/mol. The van der Waals surface area contributed by atoms with E-state index in [2.05, 4.69) is 5.32 Å². The molecular formula is C22H26N2O6. The first-order chi connectivity index (χ1) is 14.0. The molecule has 0 aromatic heterocycles. The van der Waals surface area contributed by atoms with Crippen LogP contribution in [0.25, 0.3) is 11.1 Å². The molecule has 0 aliphatic rings. The Bertz CT molecular complexity index is 921. The molecule has 1 N–H and O–H groups in total. The lowest BCUT2D eigenvalue weighted by Crippen LogP contribution is -2.51. The lowest BCUT2D eigenvalue weighted by atomic mass is 10.0. The van der Waals surface area contributed by atoms with Crippen LogP contribution < -0.4 is 5.32 Å². The largest absolute Gasteiger partial charge is 0.467 e. The van der Waals surface area contributed by atoms with Crippen LogP contribution in [0, 0.1) is 10.1 Å². The molecule has 8 nitrogen and oxygen atoms in total. The van der Waals surface area contributed by atoms with Crippen molar-refractivity contribution in [2.75, 3.05) is 7.11 Å². The van der Waals surface area contributed by atoms with Gasteiger partial charge in [-0.3, -0.25) is 14.9 Å². The summed E-state index contributed by atoms with van der Waals surface area (Å²) in [6, 6.07) is 12.3. The maximum Gasteiger partial charge on any atom is 0.331 e. The molecule has 0 aliphatic heterocycles. The van der Waals surface area contributed by atoms with E-state index in [0.29, 0.717) is 5.56 Å². The highest BCUT2D eigenvalue weighted by Gasteiger charge is 2.33. The van der Waals surface area contributed by atoms with Crippen molar-refractivity contribution in [1.82, 2.24) is 5.32 Å². The third-order valence-corrected chi connectivity index (χ3v) is 4.30. The predicted molar refractivity (Wildman–Crippen MR) is 112 cm³/mol. The molecule has 0 aliphatic carbocycles. The SMILES string of the molecule is COC(=O)[C@@H](NC(=O)c1ccc(-c2ccccc2)cc1[N+](=O)[O-])C(C)OC(C)(C)C. The zero-order valence-corrected chi connectivity index (χ0v) is 17.7. The fourth-order valence-corrected chi connectivity index (χ4v) is 3.02. The van der Waals surface area contributed by atoms with Gasteiger partial charge in [-0.2, -0.15) is 0 Å². The van der Waals surface area contributed by atoms with Gasteiger partial charge in [0.15, 0.2) is 6.04 Å². The average molecular weight is 414 g/mol. The molecule has 0 spiro atoms. The van der Waals surface area contributed by atoms with E-state index in [1.54, 1.807) is 13.0 Å². The summed E-state index contributed by atoms with van der Waals surface area (Å²) in [5.74, 6) is -1.47. The minimum atomic E-state index is -1.13. The van der Waals surface area contributed by atoms with E-state index in [4.69, 9.17) is 9.47 Å². The maximum absolute atomic E-state index is 12.8.